The number of carbonyl (C=O) groups is 3. The molecule has 15 rings (SSSR count). The number of aromatic carboxylic acids is 2. The summed E-state index contributed by atoms with van der Waals surface area (Å²) in [6, 6.07) is 54.7. The molecule has 0 fully saturated rings. The Labute approximate surface area is 545 Å². The van der Waals surface area contributed by atoms with Crippen LogP contribution in [0.15, 0.2) is 197 Å². The number of hydrogen-bond acceptors (Lipinski definition) is 7. The lowest BCUT2D eigenvalue weighted by molar-refractivity contribution is -0.139. The fourth-order valence-electron chi connectivity index (χ4n) is 13.4. The van der Waals surface area contributed by atoms with Crippen molar-refractivity contribution >= 4 is 69.3 Å². The molecule has 3 aliphatic heterocycles. The van der Waals surface area contributed by atoms with Gasteiger partial charge in [-0.05, 0) is 207 Å². The van der Waals surface area contributed by atoms with E-state index in [9.17, 15) is 37.8 Å². The van der Waals surface area contributed by atoms with Crippen LogP contribution < -0.4 is 4.74 Å². The van der Waals surface area contributed by atoms with E-state index in [0.29, 0.717) is 36.5 Å². The first-order chi connectivity index (χ1) is 45.8. The summed E-state index contributed by atoms with van der Waals surface area (Å²) in [7, 11) is 0. The van der Waals surface area contributed by atoms with Gasteiger partial charge in [0.25, 0.3) is 0 Å². The molecule has 0 unspecified atom stereocenters. The SMILES string of the molecule is CC(C)c1c(-c2cc(F)cc(C(=O)O)c2)c2cc3c(cc2n1-c1ccc(F)cc1)C=NC3.CC(C)c1c(-c2ccc(C(=O)O)cc2)c2cc3c(cc2n1-c1ccccc1)C=NC3.CC(C)c1c(-c2ccc(OCC(=O)O)cc2)c2cc3c(cc2n1-c1ccc(F)cc1)C=NC3. The van der Waals surface area contributed by atoms with E-state index in [0.717, 1.165) is 106 Å². The molecule has 0 saturated heterocycles. The molecule has 3 aliphatic rings. The maximum absolute atomic E-state index is 14.5. The third kappa shape index (κ3) is 12.0. The number of carboxylic acids is 3. The van der Waals surface area contributed by atoms with E-state index >= 15 is 0 Å². The molecule has 3 N–H and O–H groups in total. The van der Waals surface area contributed by atoms with Crippen LogP contribution in [-0.4, -0.2) is 72.2 Å². The van der Waals surface area contributed by atoms with E-state index < -0.39 is 23.7 Å². The van der Waals surface area contributed by atoms with Gasteiger partial charge >= 0.3 is 17.9 Å². The van der Waals surface area contributed by atoms with Crippen LogP contribution in [-0.2, 0) is 24.4 Å². The van der Waals surface area contributed by atoms with Gasteiger partial charge in [-0.1, -0.05) is 84.0 Å². The molecule has 0 radical (unpaired) electrons. The first-order valence-corrected chi connectivity index (χ1v) is 31.3. The summed E-state index contributed by atoms with van der Waals surface area (Å²) < 4.78 is 53.7. The summed E-state index contributed by atoms with van der Waals surface area (Å²) in [5.74, 6) is -3.35. The number of aliphatic carboxylic acids is 1. The maximum Gasteiger partial charge on any atom is 0.341 e. The number of hydrogen-bond donors (Lipinski definition) is 3. The van der Waals surface area contributed by atoms with Gasteiger partial charge in [0.1, 0.15) is 23.2 Å². The van der Waals surface area contributed by atoms with Crippen molar-refractivity contribution in [2.45, 2.75) is 78.9 Å². The second-order valence-corrected chi connectivity index (χ2v) is 24.8. The highest BCUT2D eigenvalue weighted by atomic mass is 19.1. The van der Waals surface area contributed by atoms with Gasteiger partial charge in [-0.25, -0.2) is 27.6 Å². The molecule has 474 valence electrons. The van der Waals surface area contributed by atoms with E-state index in [1.165, 1.54) is 64.2 Å². The molecule has 3 aromatic heterocycles. The van der Waals surface area contributed by atoms with E-state index in [-0.39, 0.29) is 41.6 Å². The van der Waals surface area contributed by atoms with Gasteiger partial charge in [0, 0.05) is 85.6 Å². The molecular formula is C79H65F3N6O7. The van der Waals surface area contributed by atoms with Crippen molar-refractivity contribution in [3.63, 3.8) is 0 Å². The van der Waals surface area contributed by atoms with Crippen LogP contribution in [0.3, 0.4) is 0 Å². The number of para-hydroxylation sites is 1. The molecule has 95 heavy (non-hydrogen) atoms. The lowest BCUT2D eigenvalue weighted by atomic mass is 9.94. The van der Waals surface area contributed by atoms with E-state index in [2.05, 4.69) is 100 Å². The maximum atomic E-state index is 14.5. The lowest BCUT2D eigenvalue weighted by Crippen LogP contribution is -2.09. The van der Waals surface area contributed by atoms with Gasteiger partial charge in [-0.3, -0.25) is 15.0 Å². The predicted molar refractivity (Wildman–Crippen MR) is 369 cm³/mol. The first-order valence-electron chi connectivity index (χ1n) is 31.3. The normalized spacial score (nSPS) is 12.6. The van der Waals surface area contributed by atoms with Crippen molar-refractivity contribution in [3.8, 4) is 56.2 Å². The number of nitrogens with zero attached hydrogens (tertiary/aromatic N) is 6. The van der Waals surface area contributed by atoms with Gasteiger partial charge < -0.3 is 33.8 Å². The number of rotatable bonds is 14. The molecule has 13 nitrogen and oxygen atoms in total. The van der Waals surface area contributed by atoms with Crippen LogP contribution in [0.5, 0.6) is 5.75 Å². The monoisotopic (exact) mass is 1270 g/mol. The van der Waals surface area contributed by atoms with E-state index in [1.54, 1.807) is 48.5 Å². The molecule has 6 heterocycles. The summed E-state index contributed by atoms with van der Waals surface area (Å²) in [6.45, 7) is 14.3. The summed E-state index contributed by atoms with van der Waals surface area (Å²) in [4.78, 5) is 47.0. The molecule has 0 aliphatic carbocycles. The zero-order valence-corrected chi connectivity index (χ0v) is 52.9. The van der Waals surface area contributed by atoms with Gasteiger partial charge in [-0.15, -0.1) is 0 Å². The minimum atomic E-state index is -1.19. The van der Waals surface area contributed by atoms with Gasteiger partial charge in [0.15, 0.2) is 6.61 Å². The number of halogens is 3. The van der Waals surface area contributed by atoms with Gasteiger partial charge in [0.05, 0.1) is 47.3 Å². The fraction of sp³-hybridized carbons (Fsp3) is 0.165. The third-order valence-corrected chi connectivity index (χ3v) is 17.5. The van der Waals surface area contributed by atoms with Gasteiger partial charge in [-0.2, -0.15) is 0 Å². The van der Waals surface area contributed by atoms with Crippen molar-refractivity contribution in [1.29, 1.82) is 0 Å². The molecule has 0 spiro atoms. The highest BCUT2D eigenvalue weighted by Crippen LogP contribution is 2.46. The first kappa shape index (κ1) is 62.4. The number of carboxylic acid groups (broad SMARTS) is 3. The van der Waals surface area contributed by atoms with Crippen molar-refractivity contribution in [2.75, 3.05) is 6.61 Å². The quantitative estimate of drug-likeness (QED) is 0.0972. The standard InChI is InChI=1S/C27H23FN2O3.C26H20F2N2O2.C26H22N2O2/c1-16(2)27-26(17-3-9-22(10-4-17)33-15-25(31)32)23-11-18-13-29-14-19(18)12-24(23)30(27)21-7-5-20(28)6-8-21;1-14(2)25-24(15-7-16(26(31)32)9-20(28)8-15)22-10-17-12-29-13-18(17)11-23(22)30(25)21-5-3-19(27)4-6-21;1-16(2)25-24(17-8-10-18(11-9-17)26(29)30)22-12-19-14-27-15-20(19)13-23(22)28(25)21-6-4-3-5-7-21/h3-12,14,16H,13,15H2,1-2H3,(H,31,32);3-11,13-14H,12H2,1-2H3,(H,31,32);3-13,15-16H,14H2,1-2H3,(H,29,30). The number of fused-ring (bicyclic) bond motifs is 6. The fourth-order valence-corrected chi connectivity index (χ4v) is 13.4. The number of aromatic nitrogens is 3. The van der Waals surface area contributed by atoms with E-state index in [4.69, 9.17) is 9.84 Å². The lowest BCUT2D eigenvalue weighted by Gasteiger charge is -2.16. The Morgan fingerprint density at radius 2 is 0.800 bits per heavy atom. The Hall–Kier alpha value is -11.4. The van der Waals surface area contributed by atoms with Crippen molar-refractivity contribution in [2.24, 2.45) is 15.0 Å². The molecule has 0 saturated carbocycles. The number of benzene rings is 9. The zero-order valence-electron chi connectivity index (χ0n) is 52.9. The molecule has 0 amide bonds. The zero-order chi connectivity index (χ0) is 66.5. The largest absolute Gasteiger partial charge is 0.482 e. The minimum absolute atomic E-state index is 0.0162. The van der Waals surface area contributed by atoms with Crippen LogP contribution in [0.2, 0.25) is 0 Å². The highest BCUT2D eigenvalue weighted by molar-refractivity contribution is 6.07. The molecule has 9 aromatic carbocycles. The van der Waals surface area contributed by atoms with Crippen LogP contribution in [0.25, 0.3) is 83.2 Å². The average molecular weight is 1270 g/mol. The molecule has 0 atom stereocenters. The van der Waals surface area contributed by atoms with Crippen LogP contribution in [0.4, 0.5) is 13.2 Å². The van der Waals surface area contributed by atoms with Crippen molar-refractivity contribution in [1.82, 2.24) is 13.7 Å². The summed E-state index contributed by atoms with van der Waals surface area (Å²) in [5.41, 5.74) is 21.6. The van der Waals surface area contributed by atoms with Crippen LogP contribution in [0.1, 0.15) is 130 Å². The summed E-state index contributed by atoms with van der Waals surface area (Å²) >= 11 is 0. The van der Waals surface area contributed by atoms with Gasteiger partial charge in [0.2, 0.25) is 0 Å². The topological polar surface area (TPSA) is 173 Å². The molecule has 0 bridgehead atoms. The van der Waals surface area contributed by atoms with Crippen LogP contribution >= 0.6 is 0 Å². The minimum Gasteiger partial charge on any atom is -0.482 e. The van der Waals surface area contributed by atoms with E-state index in [1.807, 2.05) is 79.5 Å². The Bertz CT molecular complexity index is 5120. The highest BCUT2D eigenvalue weighted by Gasteiger charge is 2.29. The average Bonchev–Trinajstić information content (AvgIpc) is 1.60. The van der Waals surface area contributed by atoms with Crippen LogP contribution in [0, 0.1) is 17.5 Å². The predicted octanol–water partition coefficient (Wildman–Crippen LogP) is 18.3. The summed E-state index contributed by atoms with van der Waals surface area (Å²) in [5, 5.41) is 30.8. The molecular weight excluding hydrogens is 1200 g/mol. The Kier molecular flexibility index (Phi) is 16.8. The Morgan fingerprint density at radius 3 is 1.18 bits per heavy atom. The van der Waals surface area contributed by atoms with Crippen molar-refractivity contribution < 1.29 is 47.6 Å². The Morgan fingerprint density at radius 1 is 0.421 bits per heavy atom. The smallest absolute Gasteiger partial charge is 0.341 e. The Balaban J connectivity index is 0.000000129. The molecule has 16 heteroatoms. The number of ether oxygens (including phenoxy) is 1. The summed E-state index contributed by atoms with van der Waals surface area (Å²) in [6.07, 6.45) is 5.68. The third-order valence-electron chi connectivity index (χ3n) is 17.5. The van der Waals surface area contributed by atoms with Crippen molar-refractivity contribution in [3.05, 3.63) is 261 Å². The second kappa shape index (κ2) is 25.6. The molecule has 12 aromatic rings. The number of aliphatic imine (C=N–C) groups is 3. The second-order valence-electron chi connectivity index (χ2n) is 24.8.